The van der Waals surface area contributed by atoms with E-state index in [-0.39, 0.29) is 11.8 Å². The number of amides is 2. The molecule has 0 aromatic heterocycles. The summed E-state index contributed by atoms with van der Waals surface area (Å²) in [5.74, 6) is -0.593. The van der Waals surface area contributed by atoms with Crippen LogP contribution >= 0.6 is 0 Å². The van der Waals surface area contributed by atoms with Crippen molar-refractivity contribution in [3.05, 3.63) is 35.9 Å². The number of hydrogen-bond acceptors (Lipinski definition) is 4. The van der Waals surface area contributed by atoms with E-state index in [0.29, 0.717) is 18.8 Å². The zero-order valence-electron chi connectivity index (χ0n) is 12.3. The topological polar surface area (TPSA) is 93.5 Å². The van der Waals surface area contributed by atoms with Crippen molar-refractivity contribution in [1.29, 1.82) is 0 Å². The Balaban J connectivity index is 2.43. The number of benzene rings is 1. The summed E-state index contributed by atoms with van der Waals surface area (Å²) in [7, 11) is 1.55. The third-order valence-electron chi connectivity index (χ3n) is 2.70. The van der Waals surface area contributed by atoms with Gasteiger partial charge in [0.15, 0.2) is 0 Å². The van der Waals surface area contributed by atoms with Crippen LogP contribution in [-0.4, -0.2) is 38.1 Å². The van der Waals surface area contributed by atoms with Gasteiger partial charge in [0.25, 0.3) is 0 Å². The summed E-state index contributed by atoms with van der Waals surface area (Å²) < 4.78 is 4.83. The molecule has 0 saturated carbocycles. The zero-order valence-corrected chi connectivity index (χ0v) is 12.3. The molecule has 6 nitrogen and oxygen atoms in total. The molecule has 0 radical (unpaired) electrons. The van der Waals surface area contributed by atoms with Crippen LogP contribution in [0.2, 0.25) is 0 Å². The second-order valence-corrected chi connectivity index (χ2v) is 4.52. The molecule has 1 aromatic rings. The van der Waals surface area contributed by atoms with Crippen LogP contribution in [0.15, 0.2) is 30.3 Å². The average Bonchev–Trinajstić information content (AvgIpc) is 2.45. The van der Waals surface area contributed by atoms with Crippen LogP contribution in [0.25, 0.3) is 6.08 Å². The molecule has 0 aliphatic heterocycles. The Morgan fingerprint density at radius 1 is 1.43 bits per heavy atom. The van der Waals surface area contributed by atoms with E-state index >= 15 is 0 Å². The molecule has 0 heterocycles. The number of carbonyl (C=O) groups excluding carboxylic acids is 2. The van der Waals surface area contributed by atoms with Gasteiger partial charge in [-0.2, -0.15) is 0 Å². The number of nitrogens with two attached hydrogens (primary N) is 1. The third kappa shape index (κ3) is 6.58. The number of nitrogen functional groups attached to an aromatic ring is 1. The predicted molar refractivity (Wildman–Crippen MR) is 82.4 cm³/mol. The number of anilines is 1. The number of carbonyl (C=O) groups is 2. The van der Waals surface area contributed by atoms with E-state index in [9.17, 15) is 9.59 Å². The highest BCUT2D eigenvalue weighted by molar-refractivity contribution is 5.95. The number of hydrogen-bond donors (Lipinski definition) is 3. The molecule has 0 aliphatic carbocycles. The lowest BCUT2D eigenvalue weighted by Gasteiger charge is -2.12. The van der Waals surface area contributed by atoms with Crippen molar-refractivity contribution < 1.29 is 14.3 Å². The molecule has 1 aromatic carbocycles. The summed E-state index contributed by atoms with van der Waals surface area (Å²) in [6, 6.07) is 6.55. The molecule has 1 rings (SSSR count). The summed E-state index contributed by atoms with van der Waals surface area (Å²) >= 11 is 0. The third-order valence-corrected chi connectivity index (χ3v) is 2.70. The highest BCUT2D eigenvalue weighted by atomic mass is 16.5. The first-order chi connectivity index (χ1) is 10.0. The Morgan fingerprint density at radius 2 is 2.19 bits per heavy atom. The Labute approximate surface area is 124 Å². The van der Waals surface area contributed by atoms with Crippen LogP contribution < -0.4 is 16.4 Å². The molecule has 1 atom stereocenters. The first-order valence-corrected chi connectivity index (χ1v) is 6.63. The lowest BCUT2D eigenvalue weighted by atomic mass is 10.2. The summed E-state index contributed by atoms with van der Waals surface area (Å²) in [4.78, 5) is 23.4. The Bertz CT molecular complexity index is 515. The summed E-state index contributed by atoms with van der Waals surface area (Å²) in [6.07, 6.45) is 3.01. The van der Waals surface area contributed by atoms with E-state index in [1.165, 1.54) is 6.08 Å². The van der Waals surface area contributed by atoms with Crippen molar-refractivity contribution in [2.45, 2.75) is 13.0 Å². The summed E-state index contributed by atoms with van der Waals surface area (Å²) in [6.45, 7) is 2.46. The average molecular weight is 291 g/mol. The Morgan fingerprint density at radius 3 is 2.86 bits per heavy atom. The van der Waals surface area contributed by atoms with E-state index in [0.717, 1.165) is 5.56 Å². The lowest BCUT2D eigenvalue weighted by molar-refractivity contribution is -0.126. The van der Waals surface area contributed by atoms with E-state index in [1.54, 1.807) is 38.3 Å². The fourth-order valence-electron chi connectivity index (χ4n) is 1.59. The molecule has 0 bridgehead atoms. The monoisotopic (exact) mass is 291 g/mol. The van der Waals surface area contributed by atoms with E-state index < -0.39 is 6.04 Å². The summed E-state index contributed by atoms with van der Waals surface area (Å²) in [5.41, 5.74) is 7.10. The van der Waals surface area contributed by atoms with Crippen LogP contribution in [0, 0.1) is 0 Å². The molecule has 0 fully saturated rings. The van der Waals surface area contributed by atoms with E-state index in [4.69, 9.17) is 10.5 Å². The normalized spacial score (nSPS) is 12.1. The van der Waals surface area contributed by atoms with Crippen LogP contribution in [0.1, 0.15) is 12.5 Å². The Hall–Kier alpha value is -2.34. The minimum absolute atomic E-state index is 0.252. The number of nitrogens with one attached hydrogen (secondary N) is 2. The van der Waals surface area contributed by atoms with Crippen molar-refractivity contribution >= 4 is 23.6 Å². The van der Waals surface area contributed by atoms with Crippen molar-refractivity contribution in [3.8, 4) is 0 Å². The molecule has 0 aliphatic rings. The quantitative estimate of drug-likeness (QED) is 0.388. The SMILES string of the molecule is COCCNC(=O)C(C)NC(=O)/C=C/c1cccc(N)c1. The predicted octanol–water partition coefficient (Wildman–Crippen LogP) is 0.549. The minimum Gasteiger partial charge on any atom is -0.399 e. The number of ether oxygens (including phenoxy) is 1. The molecule has 0 saturated heterocycles. The van der Waals surface area contributed by atoms with Gasteiger partial charge in [0.1, 0.15) is 6.04 Å². The lowest BCUT2D eigenvalue weighted by Crippen LogP contribution is -2.45. The van der Waals surface area contributed by atoms with Gasteiger partial charge in [0, 0.05) is 25.4 Å². The standard InChI is InChI=1S/C15H21N3O3/c1-11(15(20)17-8-9-21-2)18-14(19)7-6-12-4-3-5-13(16)10-12/h3-7,10-11H,8-9,16H2,1-2H3,(H,17,20)(H,18,19)/b7-6+. The smallest absolute Gasteiger partial charge is 0.244 e. The highest BCUT2D eigenvalue weighted by Crippen LogP contribution is 2.07. The second kappa shape index (κ2) is 8.76. The minimum atomic E-state index is -0.611. The molecule has 4 N–H and O–H groups in total. The highest BCUT2D eigenvalue weighted by Gasteiger charge is 2.13. The second-order valence-electron chi connectivity index (χ2n) is 4.52. The van der Waals surface area contributed by atoms with Crippen molar-refractivity contribution in [2.24, 2.45) is 0 Å². The number of rotatable bonds is 7. The molecule has 2 amide bonds. The maximum atomic E-state index is 11.7. The molecule has 1 unspecified atom stereocenters. The molecule has 114 valence electrons. The van der Waals surface area contributed by atoms with Gasteiger partial charge in [0.2, 0.25) is 11.8 Å². The molecular weight excluding hydrogens is 270 g/mol. The van der Waals surface area contributed by atoms with Gasteiger partial charge < -0.3 is 21.1 Å². The van der Waals surface area contributed by atoms with Crippen molar-refractivity contribution in [2.75, 3.05) is 26.0 Å². The van der Waals surface area contributed by atoms with Gasteiger partial charge in [-0.3, -0.25) is 9.59 Å². The van der Waals surface area contributed by atoms with Gasteiger partial charge in [-0.05, 0) is 30.7 Å². The number of methoxy groups -OCH3 is 1. The van der Waals surface area contributed by atoms with Crippen LogP contribution in [-0.2, 0) is 14.3 Å². The molecule has 0 spiro atoms. The van der Waals surface area contributed by atoms with Gasteiger partial charge in [-0.1, -0.05) is 12.1 Å². The maximum Gasteiger partial charge on any atom is 0.244 e. The molecular formula is C15H21N3O3. The van der Waals surface area contributed by atoms with Crippen molar-refractivity contribution in [3.63, 3.8) is 0 Å². The van der Waals surface area contributed by atoms with E-state index in [1.807, 2.05) is 6.07 Å². The van der Waals surface area contributed by atoms with Crippen LogP contribution in [0.5, 0.6) is 0 Å². The van der Waals surface area contributed by atoms with Crippen LogP contribution in [0.4, 0.5) is 5.69 Å². The van der Waals surface area contributed by atoms with Crippen LogP contribution in [0.3, 0.4) is 0 Å². The first-order valence-electron chi connectivity index (χ1n) is 6.63. The Kier molecular flexibility index (Phi) is 6.97. The largest absolute Gasteiger partial charge is 0.399 e. The maximum absolute atomic E-state index is 11.7. The summed E-state index contributed by atoms with van der Waals surface area (Å²) in [5, 5.41) is 5.23. The van der Waals surface area contributed by atoms with Crippen molar-refractivity contribution in [1.82, 2.24) is 10.6 Å². The molecule has 6 heteroatoms. The van der Waals surface area contributed by atoms with Gasteiger partial charge in [-0.25, -0.2) is 0 Å². The molecule has 21 heavy (non-hydrogen) atoms. The fourth-order valence-corrected chi connectivity index (χ4v) is 1.59. The fraction of sp³-hybridized carbons (Fsp3) is 0.333. The van der Waals surface area contributed by atoms with E-state index in [2.05, 4.69) is 10.6 Å². The first kappa shape index (κ1) is 16.7. The van der Waals surface area contributed by atoms with Gasteiger partial charge in [0.05, 0.1) is 6.61 Å². The van der Waals surface area contributed by atoms with Gasteiger partial charge in [-0.15, -0.1) is 0 Å². The zero-order chi connectivity index (χ0) is 15.7. The van der Waals surface area contributed by atoms with Gasteiger partial charge >= 0.3 is 0 Å².